The van der Waals surface area contributed by atoms with Gasteiger partial charge in [-0.05, 0) is 37.3 Å². The largest absolute Gasteiger partial charge is 0.497 e. The number of halogens is 5. The third-order valence-electron chi connectivity index (χ3n) is 4.60. The monoisotopic (exact) mass is 476 g/mol. The Balaban J connectivity index is 1.93. The van der Waals surface area contributed by atoms with Crippen LogP contribution in [-0.4, -0.2) is 46.8 Å². The Morgan fingerprint density at radius 3 is 2.58 bits per heavy atom. The van der Waals surface area contributed by atoms with E-state index in [1.165, 1.54) is 44.4 Å². The van der Waals surface area contributed by atoms with Crippen LogP contribution in [0.15, 0.2) is 47.6 Å². The van der Waals surface area contributed by atoms with E-state index in [0.29, 0.717) is 10.8 Å². The summed E-state index contributed by atoms with van der Waals surface area (Å²) in [5.74, 6) is -0.781. The van der Waals surface area contributed by atoms with Crippen LogP contribution in [0.3, 0.4) is 0 Å². The fourth-order valence-electron chi connectivity index (χ4n) is 2.95. The van der Waals surface area contributed by atoms with Crippen molar-refractivity contribution < 1.29 is 32.5 Å². The summed E-state index contributed by atoms with van der Waals surface area (Å²) in [6, 6.07) is 10.3. The number of hydrazone groups is 1. The van der Waals surface area contributed by atoms with Gasteiger partial charge >= 0.3 is 6.18 Å². The topological polar surface area (TPSA) is 71.4 Å². The average Bonchev–Trinajstić information content (AvgIpc) is 3.08. The predicted octanol–water partition coefficient (Wildman–Crippen LogP) is 4.66. The van der Waals surface area contributed by atoms with E-state index in [4.69, 9.17) is 32.7 Å². The molecule has 2 aromatic rings. The number of benzene rings is 2. The first-order chi connectivity index (χ1) is 14.5. The molecule has 1 N–H and O–H groups in total. The van der Waals surface area contributed by atoms with Crippen molar-refractivity contribution >= 4 is 34.8 Å². The number of amides is 1. The van der Waals surface area contributed by atoms with Crippen molar-refractivity contribution in [3.8, 4) is 11.5 Å². The normalized spacial score (nSPS) is 19.7. The van der Waals surface area contributed by atoms with E-state index in [1.54, 1.807) is 12.1 Å². The van der Waals surface area contributed by atoms with Crippen LogP contribution in [0.4, 0.5) is 13.2 Å². The fourth-order valence-corrected chi connectivity index (χ4v) is 3.40. The minimum atomic E-state index is -5.18. The molecule has 0 saturated heterocycles. The number of hydrogen-bond donors (Lipinski definition) is 1. The maximum Gasteiger partial charge on any atom is 0.438 e. The van der Waals surface area contributed by atoms with E-state index in [0.717, 1.165) is 0 Å². The fraction of sp³-hybridized carbons (Fsp3) is 0.300. The maximum atomic E-state index is 13.8. The van der Waals surface area contributed by atoms with Gasteiger partial charge in [0.05, 0.1) is 24.3 Å². The molecule has 0 aromatic heterocycles. The molecule has 0 bridgehead atoms. The van der Waals surface area contributed by atoms with Gasteiger partial charge in [0.2, 0.25) is 0 Å². The van der Waals surface area contributed by atoms with Gasteiger partial charge in [0.1, 0.15) is 11.5 Å². The van der Waals surface area contributed by atoms with Crippen molar-refractivity contribution in [2.24, 2.45) is 5.10 Å². The highest BCUT2D eigenvalue weighted by molar-refractivity contribution is 6.35. The molecule has 0 unspecified atom stereocenters. The van der Waals surface area contributed by atoms with Crippen molar-refractivity contribution in [2.45, 2.75) is 31.3 Å². The number of carbonyl (C=O) groups excluding carboxylic acids is 1. The average molecular weight is 477 g/mol. The smallest absolute Gasteiger partial charge is 0.438 e. The van der Waals surface area contributed by atoms with E-state index >= 15 is 0 Å². The van der Waals surface area contributed by atoms with Crippen LogP contribution >= 0.6 is 23.2 Å². The molecule has 11 heteroatoms. The third kappa shape index (κ3) is 4.58. The number of carbonyl (C=O) groups is 1. The van der Waals surface area contributed by atoms with E-state index in [9.17, 15) is 23.1 Å². The Kier molecular flexibility index (Phi) is 6.40. The van der Waals surface area contributed by atoms with Gasteiger partial charge in [-0.2, -0.15) is 23.3 Å². The molecule has 1 aliphatic rings. The van der Waals surface area contributed by atoms with Crippen molar-refractivity contribution in [3.05, 3.63) is 58.1 Å². The molecule has 3 rings (SSSR count). The van der Waals surface area contributed by atoms with Gasteiger partial charge in [-0.15, -0.1) is 0 Å². The van der Waals surface area contributed by atoms with Crippen molar-refractivity contribution in [2.75, 3.05) is 7.11 Å². The molecular formula is C20H17Cl2F3N2O4. The highest BCUT2D eigenvalue weighted by Crippen LogP contribution is 2.42. The summed E-state index contributed by atoms with van der Waals surface area (Å²) in [5.41, 5.74) is -3.40. The molecule has 0 aliphatic carbocycles. The predicted molar refractivity (Wildman–Crippen MR) is 109 cm³/mol. The number of hydrogen-bond acceptors (Lipinski definition) is 5. The summed E-state index contributed by atoms with van der Waals surface area (Å²) in [6.45, 7) is 1.23. The Bertz CT molecular complexity index is 1030. The number of rotatable bonds is 5. The van der Waals surface area contributed by atoms with Crippen LogP contribution in [0, 0.1) is 0 Å². The Morgan fingerprint density at radius 1 is 1.26 bits per heavy atom. The number of ether oxygens (including phenoxy) is 2. The zero-order chi connectivity index (χ0) is 23.0. The highest BCUT2D eigenvalue weighted by Gasteiger charge is 2.63. The highest BCUT2D eigenvalue weighted by atomic mass is 35.5. The number of alkyl halides is 3. The Morgan fingerprint density at radius 2 is 1.97 bits per heavy atom. The number of nitrogens with zero attached hydrogens (tertiary/aromatic N) is 2. The number of aliphatic hydroxyl groups is 1. The molecule has 1 aliphatic heterocycles. The van der Waals surface area contributed by atoms with Gasteiger partial charge in [0.15, 0.2) is 6.10 Å². The van der Waals surface area contributed by atoms with Crippen molar-refractivity contribution in [3.63, 3.8) is 0 Å². The lowest BCUT2D eigenvalue weighted by molar-refractivity contribution is -0.303. The van der Waals surface area contributed by atoms with Gasteiger partial charge in [0.25, 0.3) is 11.6 Å². The molecule has 31 heavy (non-hydrogen) atoms. The zero-order valence-electron chi connectivity index (χ0n) is 16.3. The second-order valence-electron chi connectivity index (χ2n) is 6.75. The lowest BCUT2D eigenvalue weighted by Crippen LogP contribution is -2.58. The molecule has 6 nitrogen and oxygen atoms in total. The van der Waals surface area contributed by atoms with Crippen LogP contribution < -0.4 is 9.47 Å². The second-order valence-corrected chi connectivity index (χ2v) is 7.60. The van der Waals surface area contributed by atoms with E-state index in [1.807, 2.05) is 0 Å². The van der Waals surface area contributed by atoms with Crippen LogP contribution in [0.2, 0.25) is 10.0 Å². The SMILES string of the molecule is COc1cccc(C2=NN(C(=O)[C@@H](C)Oc3ccc(Cl)cc3Cl)[C@@](O)(C(F)(F)F)C2)c1. The van der Waals surface area contributed by atoms with Crippen molar-refractivity contribution in [1.82, 2.24) is 5.01 Å². The van der Waals surface area contributed by atoms with Gasteiger partial charge < -0.3 is 14.6 Å². The van der Waals surface area contributed by atoms with E-state index < -0.39 is 30.3 Å². The molecule has 0 radical (unpaired) electrons. The van der Waals surface area contributed by atoms with Crippen molar-refractivity contribution in [1.29, 1.82) is 0 Å². The van der Waals surface area contributed by atoms with Crippen LogP contribution in [0.5, 0.6) is 11.5 Å². The van der Waals surface area contributed by atoms with E-state index in [2.05, 4.69) is 5.10 Å². The molecule has 0 saturated carbocycles. The summed E-state index contributed by atoms with van der Waals surface area (Å²) >= 11 is 11.8. The molecule has 2 atom stereocenters. The minimum Gasteiger partial charge on any atom is -0.497 e. The van der Waals surface area contributed by atoms with Gasteiger partial charge in [-0.25, -0.2) is 0 Å². The lowest BCUT2D eigenvalue weighted by Gasteiger charge is -2.33. The molecule has 0 spiro atoms. The minimum absolute atomic E-state index is 0.0102. The van der Waals surface area contributed by atoms with Gasteiger partial charge in [-0.3, -0.25) is 4.79 Å². The summed E-state index contributed by atoms with van der Waals surface area (Å²) in [4.78, 5) is 12.8. The summed E-state index contributed by atoms with van der Waals surface area (Å²) < 4.78 is 51.8. The Labute approximate surface area is 185 Å². The second kappa shape index (κ2) is 8.57. The molecule has 1 heterocycles. The van der Waals surface area contributed by atoms with Gasteiger partial charge in [-0.1, -0.05) is 35.3 Å². The third-order valence-corrected chi connectivity index (χ3v) is 5.13. The van der Waals surface area contributed by atoms with Crippen LogP contribution in [0.1, 0.15) is 18.9 Å². The summed E-state index contributed by atoms with van der Waals surface area (Å²) in [5, 5.41) is 14.6. The maximum absolute atomic E-state index is 13.8. The standard InChI is InChI=1S/C20H17Cl2F3N2O4/c1-11(31-17-7-6-13(21)9-15(17)22)18(28)27-19(29,20(23,24)25)10-16(26-27)12-4-3-5-14(8-12)30-2/h3-9,11,29H,10H2,1-2H3/t11-,19+/m1/s1. The summed E-state index contributed by atoms with van der Waals surface area (Å²) in [6.07, 6.45) is -7.57. The van der Waals surface area contributed by atoms with Crippen LogP contribution in [-0.2, 0) is 4.79 Å². The zero-order valence-corrected chi connectivity index (χ0v) is 17.8. The summed E-state index contributed by atoms with van der Waals surface area (Å²) in [7, 11) is 1.40. The van der Waals surface area contributed by atoms with Gasteiger partial charge in [0, 0.05) is 10.6 Å². The molecule has 166 valence electrons. The molecule has 2 aromatic carbocycles. The van der Waals surface area contributed by atoms with E-state index in [-0.39, 0.29) is 27.1 Å². The lowest BCUT2D eigenvalue weighted by atomic mass is 10.0. The first-order valence-electron chi connectivity index (χ1n) is 8.93. The number of methoxy groups -OCH3 is 1. The van der Waals surface area contributed by atoms with Crippen LogP contribution in [0.25, 0.3) is 0 Å². The molecule has 0 fully saturated rings. The Hall–Kier alpha value is -2.49. The first kappa shape index (κ1) is 23.2. The first-order valence-corrected chi connectivity index (χ1v) is 9.68. The molecular weight excluding hydrogens is 460 g/mol. The quantitative estimate of drug-likeness (QED) is 0.681. The molecule has 1 amide bonds.